The molecule has 4 unspecified atom stereocenters. The molecule has 6 atom stereocenters. The zero-order valence-electron chi connectivity index (χ0n) is 16.7. The van der Waals surface area contributed by atoms with E-state index in [1.54, 1.807) is 11.6 Å². The van der Waals surface area contributed by atoms with Crippen molar-refractivity contribution < 1.29 is 25.8 Å². The molecular weight excluding hydrogens is 389 g/mol. The zero-order valence-corrected chi connectivity index (χ0v) is 17.5. The average Bonchev–Trinajstić information content (AvgIpc) is 2.91. The number of alkyl halides is 3. The first-order chi connectivity index (χ1) is 12.9. The number of allylic oxidation sites excluding steroid dienone is 4. The average molecular weight is 419 g/mol. The van der Waals surface area contributed by atoms with E-state index in [-0.39, 0.29) is 17.1 Å². The Morgan fingerprint density at radius 2 is 1.71 bits per heavy atom. The molecule has 0 aromatic heterocycles. The molecule has 0 N–H and O–H groups in total. The molecule has 4 aliphatic rings. The van der Waals surface area contributed by atoms with Crippen LogP contribution in [0.25, 0.3) is 0 Å². The monoisotopic (exact) mass is 418 g/mol. The van der Waals surface area contributed by atoms with E-state index in [1.807, 2.05) is 6.92 Å². The minimum absolute atomic E-state index is 0.00507. The van der Waals surface area contributed by atoms with Crippen molar-refractivity contribution in [2.24, 2.45) is 34.5 Å². The summed E-state index contributed by atoms with van der Waals surface area (Å²) in [4.78, 5) is 0. The van der Waals surface area contributed by atoms with Crippen molar-refractivity contribution in [2.75, 3.05) is 0 Å². The largest absolute Gasteiger partial charge is 0.534 e. The molecule has 4 rings (SSSR count). The molecule has 4 aliphatic carbocycles. The van der Waals surface area contributed by atoms with Crippen molar-refractivity contribution in [2.45, 2.75) is 71.2 Å². The summed E-state index contributed by atoms with van der Waals surface area (Å²) in [5, 5.41) is 0. The Morgan fingerprint density at radius 3 is 2.39 bits per heavy atom. The summed E-state index contributed by atoms with van der Waals surface area (Å²) in [5.74, 6) is 1.74. The first kappa shape index (κ1) is 20.3. The van der Waals surface area contributed by atoms with Gasteiger partial charge < -0.3 is 4.18 Å². The van der Waals surface area contributed by atoms with Crippen LogP contribution in [-0.4, -0.2) is 13.9 Å². The minimum atomic E-state index is -5.62. The van der Waals surface area contributed by atoms with Crippen LogP contribution in [0.3, 0.4) is 0 Å². The number of halogens is 3. The van der Waals surface area contributed by atoms with Crippen molar-refractivity contribution in [1.29, 1.82) is 0 Å². The van der Waals surface area contributed by atoms with Crippen molar-refractivity contribution in [1.82, 2.24) is 0 Å². The number of hydrogen-bond donors (Lipinski definition) is 0. The van der Waals surface area contributed by atoms with Crippen LogP contribution in [0.1, 0.15) is 65.7 Å². The predicted molar refractivity (Wildman–Crippen MR) is 100 cm³/mol. The maximum Gasteiger partial charge on any atom is 0.534 e. The lowest BCUT2D eigenvalue weighted by Crippen LogP contribution is -2.49. The molecule has 0 aliphatic heterocycles. The highest BCUT2D eigenvalue weighted by Crippen LogP contribution is 2.65. The second-order valence-electron chi connectivity index (χ2n) is 9.85. The fraction of sp³-hybridized carbons (Fsp3) is 0.810. The van der Waals surface area contributed by atoms with Gasteiger partial charge in [0, 0.05) is 5.41 Å². The van der Waals surface area contributed by atoms with Gasteiger partial charge in [-0.3, -0.25) is 0 Å². The second-order valence-corrected chi connectivity index (χ2v) is 11.4. The fourth-order valence-electron chi connectivity index (χ4n) is 6.67. The maximum atomic E-state index is 12.8. The summed E-state index contributed by atoms with van der Waals surface area (Å²) in [7, 11) is -5.62. The van der Waals surface area contributed by atoms with Crippen LogP contribution in [0.2, 0.25) is 0 Å². The van der Waals surface area contributed by atoms with Crippen LogP contribution in [0.4, 0.5) is 13.2 Å². The third-order valence-electron chi connectivity index (χ3n) is 8.34. The summed E-state index contributed by atoms with van der Waals surface area (Å²) < 4.78 is 66.3. The Bertz CT molecular complexity index is 828. The molecule has 28 heavy (non-hydrogen) atoms. The van der Waals surface area contributed by atoms with Crippen molar-refractivity contribution in [3.63, 3.8) is 0 Å². The van der Waals surface area contributed by atoms with E-state index in [0.29, 0.717) is 30.6 Å². The van der Waals surface area contributed by atoms with E-state index < -0.39 is 21.0 Å². The highest BCUT2D eigenvalue weighted by atomic mass is 32.2. The molecule has 0 saturated heterocycles. The number of fused-ring (bicyclic) bond motifs is 5. The summed E-state index contributed by atoms with van der Waals surface area (Å²) in [6.07, 6.45) is 10.6. The van der Waals surface area contributed by atoms with Gasteiger partial charge in [-0.2, -0.15) is 21.6 Å². The molecule has 0 aromatic rings. The van der Waals surface area contributed by atoms with Crippen molar-refractivity contribution >= 4 is 10.1 Å². The number of rotatable bonds is 2. The van der Waals surface area contributed by atoms with E-state index in [9.17, 15) is 21.6 Å². The Hall–Kier alpha value is -0.980. The van der Waals surface area contributed by atoms with E-state index in [1.165, 1.54) is 12.8 Å². The highest BCUT2D eigenvalue weighted by Gasteiger charge is 2.59. The molecule has 0 heterocycles. The van der Waals surface area contributed by atoms with Gasteiger partial charge in [-0.1, -0.05) is 32.4 Å². The van der Waals surface area contributed by atoms with Crippen LogP contribution in [0, 0.1) is 34.5 Å². The van der Waals surface area contributed by atoms with Gasteiger partial charge in [0.15, 0.2) is 0 Å². The fourth-order valence-corrected chi connectivity index (χ4v) is 7.26. The lowest BCUT2D eigenvalue weighted by molar-refractivity contribution is -0.0575. The summed E-state index contributed by atoms with van der Waals surface area (Å²) in [6.45, 7) is 6.57. The quantitative estimate of drug-likeness (QED) is 0.316. The molecule has 0 bridgehead atoms. The first-order valence-corrected chi connectivity index (χ1v) is 11.7. The Balaban J connectivity index is 1.60. The molecule has 0 radical (unpaired) electrons. The molecular formula is C21H29F3O3S. The molecule has 2 fully saturated rings. The van der Waals surface area contributed by atoms with Gasteiger partial charge >= 0.3 is 15.6 Å². The van der Waals surface area contributed by atoms with Gasteiger partial charge in [0.2, 0.25) is 0 Å². The SMILES string of the molecule is C[C@H]1CCC2(C)C(=CCC3C2CC[C@]2(C)C(OS(=O)(=O)C(F)(F)F)=CCC32)C1. The lowest BCUT2D eigenvalue weighted by atomic mass is 9.47. The third kappa shape index (κ3) is 2.86. The summed E-state index contributed by atoms with van der Waals surface area (Å²) in [5.41, 5.74) is -4.28. The van der Waals surface area contributed by atoms with Crippen molar-refractivity contribution in [3.8, 4) is 0 Å². The Labute approximate surface area is 165 Å². The molecule has 158 valence electrons. The van der Waals surface area contributed by atoms with Crippen LogP contribution >= 0.6 is 0 Å². The van der Waals surface area contributed by atoms with E-state index in [4.69, 9.17) is 0 Å². The summed E-state index contributed by atoms with van der Waals surface area (Å²) >= 11 is 0. The summed E-state index contributed by atoms with van der Waals surface area (Å²) in [6, 6.07) is 0. The van der Waals surface area contributed by atoms with Crippen molar-refractivity contribution in [3.05, 3.63) is 23.5 Å². The molecule has 3 nitrogen and oxygen atoms in total. The maximum absolute atomic E-state index is 12.8. The van der Waals surface area contributed by atoms with E-state index in [0.717, 1.165) is 19.3 Å². The zero-order chi connectivity index (χ0) is 20.5. The van der Waals surface area contributed by atoms with Gasteiger partial charge in [0.1, 0.15) is 5.76 Å². The van der Waals surface area contributed by atoms with E-state index >= 15 is 0 Å². The normalized spacial score (nSPS) is 43.4. The molecule has 0 spiro atoms. The van der Waals surface area contributed by atoms with E-state index in [2.05, 4.69) is 24.1 Å². The Kier molecular flexibility index (Phi) is 4.54. The lowest BCUT2D eigenvalue weighted by Gasteiger charge is -2.57. The van der Waals surface area contributed by atoms with Gasteiger partial charge in [0.05, 0.1) is 0 Å². The molecule has 0 amide bonds. The van der Waals surface area contributed by atoms with Gasteiger partial charge in [-0.15, -0.1) is 0 Å². The smallest absolute Gasteiger partial charge is 0.380 e. The first-order valence-electron chi connectivity index (χ1n) is 10.3. The molecule has 2 saturated carbocycles. The topological polar surface area (TPSA) is 43.4 Å². The minimum Gasteiger partial charge on any atom is -0.380 e. The predicted octanol–water partition coefficient (Wildman–Crippen LogP) is 5.95. The van der Waals surface area contributed by atoms with Gasteiger partial charge in [-0.25, -0.2) is 0 Å². The number of hydrogen-bond acceptors (Lipinski definition) is 3. The van der Waals surface area contributed by atoms with Gasteiger partial charge in [-0.05, 0) is 80.1 Å². The third-order valence-corrected chi connectivity index (χ3v) is 9.31. The molecule has 0 aromatic carbocycles. The Morgan fingerprint density at radius 1 is 1.04 bits per heavy atom. The van der Waals surface area contributed by atoms with Crippen LogP contribution in [-0.2, 0) is 14.3 Å². The second kappa shape index (κ2) is 6.26. The van der Waals surface area contributed by atoms with Crippen LogP contribution in [0.5, 0.6) is 0 Å². The molecule has 7 heteroatoms. The van der Waals surface area contributed by atoms with Crippen LogP contribution < -0.4 is 0 Å². The van der Waals surface area contributed by atoms with Gasteiger partial charge in [0.25, 0.3) is 0 Å². The standard InChI is InChI=1S/C21H29F3O3S/c1-13-8-10-19(2)14(12-13)4-5-15-16-6-7-18(20(16,3)11-9-17(15)19)27-28(25,26)21(22,23)24/h4,7,13,15-17H,5-6,8-12H2,1-3H3/t13-,15?,16?,17?,19?,20-/m0/s1. The highest BCUT2D eigenvalue weighted by molar-refractivity contribution is 7.87. The van der Waals surface area contributed by atoms with Crippen LogP contribution in [0.15, 0.2) is 23.5 Å².